The Labute approximate surface area is 159 Å². The molecule has 0 amide bonds. The number of aromatic amines is 1. The Bertz CT molecular complexity index is 1060. The summed E-state index contributed by atoms with van der Waals surface area (Å²) >= 11 is 8.04. The molecule has 7 heteroatoms. The van der Waals surface area contributed by atoms with Crippen molar-refractivity contribution in [3.8, 4) is 11.5 Å². The molecule has 1 aromatic carbocycles. The number of benzene rings is 1. The third-order valence-electron chi connectivity index (χ3n) is 4.47. The van der Waals surface area contributed by atoms with E-state index < -0.39 is 0 Å². The molecule has 2 aromatic heterocycles. The van der Waals surface area contributed by atoms with Crippen molar-refractivity contribution < 1.29 is 9.47 Å². The summed E-state index contributed by atoms with van der Waals surface area (Å²) in [4.78, 5) is 22.0. The van der Waals surface area contributed by atoms with Crippen LogP contribution in [0.3, 0.4) is 0 Å². The van der Waals surface area contributed by atoms with Crippen LogP contribution in [0, 0.1) is 0 Å². The van der Waals surface area contributed by atoms with E-state index in [1.54, 1.807) is 37.7 Å². The van der Waals surface area contributed by atoms with Gasteiger partial charge in [0.15, 0.2) is 5.82 Å². The summed E-state index contributed by atoms with van der Waals surface area (Å²) in [5.41, 5.74) is 1.82. The summed E-state index contributed by atoms with van der Waals surface area (Å²) < 4.78 is 10.5. The highest BCUT2D eigenvalue weighted by atomic mass is 35.5. The Kier molecular flexibility index (Phi) is 4.46. The fraction of sp³-hybridized carbons (Fsp3) is 0.263. The van der Waals surface area contributed by atoms with E-state index in [0.29, 0.717) is 22.4 Å². The molecule has 0 bridgehead atoms. The van der Waals surface area contributed by atoms with Crippen LogP contribution in [0.15, 0.2) is 23.0 Å². The normalized spacial score (nSPS) is 13.9. The molecule has 0 saturated heterocycles. The first kappa shape index (κ1) is 17.1. The molecule has 0 atom stereocenters. The van der Waals surface area contributed by atoms with Gasteiger partial charge < -0.3 is 14.5 Å². The van der Waals surface area contributed by atoms with E-state index in [1.165, 1.54) is 4.88 Å². The van der Waals surface area contributed by atoms with E-state index in [9.17, 15) is 4.79 Å². The van der Waals surface area contributed by atoms with Crippen molar-refractivity contribution in [2.24, 2.45) is 0 Å². The molecular weight excluding hydrogens is 372 g/mol. The smallest absolute Gasteiger partial charge is 0.260 e. The van der Waals surface area contributed by atoms with Crippen molar-refractivity contribution >= 4 is 44.3 Å². The molecular formula is C19H17ClN2O3S. The van der Waals surface area contributed by atoms with Gasteiger partial charge >= 0.3 is 0 Å². The third kappa shape index (κ3) is 2.99. The van der Waals surface area contributed by atoms with Crippen molar-refractivity contribution in [2.45, 2.75) is 19.3 Å². The van der Waals surface area contributed by atoms with E-state index >= 15 is 0 Å². The van der Waals surface area contributed by atoms with Crippen LogP contribution in [0.4, 0.5) is 0 Å². The van der Waals surface area contributed by atoms with Crippen molar-refractivity contribution in [3.63, 3.8) is 0 Å². The maximum atomic E-state index is 12.6. The second-order valence-electron chi connectivity index (χ2n) is 6.09. The van der Waals surface area contributed by atoms with Gasteiger partial charge in [0.05, 0.1) is 24.6 Å². The third-order valence-corrected chi connectivity index (χ3v) is 5.94. The molecule has 26 heavy (non-hydrogen) atoms. The second-order valence-corrected chi connectivity index (χ2v) is 7.58. The van der Waals surface area contributed by atoms with Gasteiger partial charge in [-0.2, -0.15) is 0 Å². The molecule has 1 aliphatic rings. The van der Waals surface area contributed by atoms with Crippen LogP contribution in [-0.2, 0) is 12.8 Å². The predicted molar refractivity (Wildman–Crippen MR) is 106 cm³/mol. The minimum atomic E-state index is -0.126. The lowest BCUT2D eigenvalue weighted by Gasteiger charge is -2.06. The Hall–Kier alpha value is -2.31. The summed E-state index contributed by atoms with van der Waals surface area (Å²) in [7, 11) is 3.18. The SMILES string of the molecule is COc1cc(/C=C(\Cl)c2nc3sc4c(c3c(=O)[nH]2)CCC4)cc(OC)c1. The average molecular weight is 389 g/mol. The fourth-order valence-corrected chi connectivity index (χ4v) is 4.72. The topological polar surface area (TPSA) is 64.2 Å². The maximum Gasteiger partial charge on any atom is 0.260 e. The van der Waals surface area contributed by atoms with Gasteiger partial charge in [0.25, 0.3) is 5.56 Å². The summed E-state index contributed by atoms with van der Waals surface area (Å²) in [5.74, 6) is 1.68. The van der Waals surface area contributed by atoms with Gasteiger partial charge in [-0.15, -0.1) is 11.3 Å². The minimum absolute atomic E-state index is 0.126. The number of aryl methyl sites for hydroxylation is 2. The van der Waals surface area contributed by atoms with Crippen molar-refractivity contribution in [3.05, 3.63) is 50.4 Å². The summed E-state index contributed by atoms with van der Waals surface area (Å²) in [6, 6.07) is 5.45. The standard InChI is InChI=1S/C19H17ClN2O3S/c1-24-11-6-10(7-12(9-11)25-2)8-14(20)17-21-18(23)16-13-4-3-5-15(13)26-19(16)22-17/h6-9H,3-5H2,1-2H3,(H,21,22,23)/b14-8-. The van der Waals surface area contributed by atoms with Crippen molar-refractivity contribution in [2.75, 3.05) is 14.2 Å². The van der Waals surface area contributed by atoms with E-state index in [2.05, 4.69) is 9.97 Å². The van der Waals surface area contributed by atoms with Crippen LogP contribution < -0.4 is 15.0 Å². The van der Waals surface area contributed by atoms with Gasteiger partial charge in [-0.25, -0.2) is 4.98 Å². The largest absolute Gasteiger partial charge is 0.497 e. The summed E-state index contributed by atoms with van der Waals surface area (Å²) in [6.45, 7) is 0. The van der Waals surface area contributed by atoms with Gasteiger partial charge in [0.1, 0.15) is 16.3 Å². The van der Waals surface area contributed by atoms with Crippen molar-refractivity contribution in [1.29, 1.82) is 0 Å². The van der Waals surface area contributed by atoms with Crippen LogP contribution in [-0.4, -0.2) is 24.2 Å². The van der Waals surface area contributed by atoms with Gasteiger partial charge in [-0.1, -0.05) is 11.6 Å². The first-order valence-electron chi connectivity index (χ1n) is 8.24. The lowest BCUT2D eigenvalue weighted by molar-refractivity contribution is 0.394. The molecule has 0 saturated carbocycles. The average Bonchev–Trinajstić information content (AvgIpc) is 3.21. The first-order chi connectivity index (χ1) is 12.6. The molecule has 134 valence electrons. The number of halogens is 1. The van der Waals surface area contributed by atoms with E-state index in [1.807, 2.05) is 12.1 Å². The molecule has 5 nitrogen and oxygen atoms in total. The maximum absolute atomic E-state index is 12.6. The van der Waals surface area contributed by atoms with Crippen LogP contribution in [0.25, 0.3) is 21.3 Å². The Morgan fingerprint density at radius 1 is 1.23 bits per heavy atom. The van der Waals surface area contributed by atoms with Crippen LogP contribution in [0.5, 0.6) is 11.5 Å². The van der Waals surface area contributed by atoms with Gasteiger partial charge in [-0.05, 0) is 48.6 Å². The molecule has 0 aliphatic heterocycles. The second kappa shape index (κ2) is 6.78. The Morgan fingerprint density at radius 2 is 1.96 bits per heavy atom. The lowest BCUT2D eigenvalue weighted by atomic mass is 10.1. The van der Waals surface area contributed by atoms with Crippen LogP contribution >= 0.6 is 22.9 Å². The molecule has 0 spiro atoms. The number of aromatic nitrogens is 2. The van der Waals surface area contributed by atoms with Gasteiger partial charge in [0, 0.05) is 10.9 Å². The number of fused-ring (bicyclic) bond motifs is 3. The van der Waals surface area contributed by atoms with E-state index in [-0.39, 0.29) is 5.56 Å². The number of hydrogen-bond donors (Lipinski definition) is 1. The number of nitrogens with one attached hydrogen (secondary N) is 1. The quantitative estimate of drug-likeness (QED) is 0.726. The number of thiophene rings is 1. The van der Waals surface area contributed by atoms with E-state index in [0.717, 1.165) is 40.6 Å². The number of H-pyrrole nitrogens is 1. The van der Waals surface area contributed by atoms with Gasteiger partial charge in [0.2, 0.25) is 0 Å². The number of ether oxygens (including phenoxy) is 2. The number of nitrogens with zero attached hydrogens (tertiary/aromatic N) is 1. The molecule has 0 radical (unpaired) electrons. The monoisotopic (exact) mass is 388 g/mol. The zero-order valence-corrected chi connectivity index (χ0v) is 16.0. The zero-order valence-electron chi connectivity index (χ0n) is 14.4. The number of methoxy groups -OCH3 is 2. The number of rotatable bonds is 4. The molecule has 1 aliphatic carbocycles. The van der Waals surface area contributed by atoms with Crippen LogP contribution in [0.2, 0.25) is 0 Å². The zero-order chi connectivity index (χ0) is 18.3. The summed E-state index contributed by atoms with van der Waals surface area (Å²) in [6.07, 6.45) is 4.82. The van der Waals surface area contributed by atoms with Gasteiger partial charge in [-0.3, -0.25) is 4.79 Å². The molecule has 1 N–H and O–H groups in total. The highest BCUT2D eigenvalue weighted by Crippen LogP contribution is 2.35. The van der Waals surface area contributed by atoms with Crippen LogP contribution in [0.1, 0.15) is 28.2 Å². The Balaban J connectivity index is 1.78. The lowest BCUT2D eigenvalue weighted by Crippen LogP contribution is -2.10. The highest BCUT2D eigenvalue weighted by Gasteiger charge is 2.21. The Morgan fingerprint density at radius 3 is 2.65 bits per heavy atom. The first-order valence-corrected chi connectivity index (χ1v) is 9.43. The molecule has 3 aromatic rings. The molecule has 4 rings (SSSR count). The molecule has 0 unspecified atom stereocenters. The number of hydrogen-bond acceptors (Lipinski definition) is 5. The fourth-order valence-electron chi connectivity index (χ4n) is 3.24. The molecule has 0 fully saturated rings. The van der Waals surface area contributed by atoms with Crippen molar-refractivity contribution in [1.82, 2.24) is 9.97 Å². The minimum Gasteiger partial charge on any atom is -0.497 e. The summed E-state index contributed by atoms with van der Waals surface area (Å²) in [5, 5.41) is 1.08. The predicted octanol–water partition coefficient (Wildman–Crippen LogP) is 4.23. The van der Waals surface area contributed by atoms with E-state index in [4.69, 9.17) is 21.1 Å². The molecule has 2 heterocycles. The highest BCUT2D eigenvalue weighted by molar-refractivity contribution is 7.18.